The van der Waals surface area contributed by atoms with Crippen molar-refractivity contribution in [3.63, 3.8) is 0 Å². The standard InChI is InChI=1S/C23H29ClF6N4O4S/c1-31(39(36)37)18-4-6-33(7-5-18)19-3-2-17(24)8-14(19)9-32-10-15-12-34(13-16(15)11-32)21(35)38-20(22(25,26)27)23(28,29)30/h2-3,8,15-16,18,20H,4-7,9-13H2,1H3,(H,36,37)/p-1. The second-order valence-electron chi connectivity index (χ2n) is 10.2. The number of hydrogen-bond donors (Lipinski definition) is 0. The van der Waals surface area contributed by atoms with Crippen LogP contribution in [0.15, 0.2) is 18.2 Å². The molecule has 3 atom stereocenters. The van der Waals surface area contributed by atoms with Gasteiger partial charge in [-0.1, -0.05) is 11.6 Å². The normalized spacial score (nSPS) is 24.1. The minimum absolute atomic E-state index is 0.00690. The maximum absolute atomic E-state index is 12.8. The van der Waals surface area contributed by atoms with Crippen LogP contribution in [0, 0.1) is 11.8 Å². The molecule has 3 aliphatic heterocycles. The van der Waals surface area contributed by atoms with Crippen LogP contribution in [0.25, 0.3) is 0 Å². The van der Waals surface area contributed by atoms with Gasteiger partial charge in [0.25, 0.3) is 6.10 Å². The van der Waals surface area contributed by atoms with Crippen LogP contribution < -0.4 is 4.90 Å². The first-order valence-electron chi connectivity index (χ1n) is 12.3. The van der Waals surface area contributed by atoms with Crippen molar-refractivity contribution in [2.45, 2.75) is 43.9 Å². The Morgan fingerprint density at radius 2 is 1.67 bits per heavy atom. The zero-order valence-corrected chi connectivity index (χ0v) is 22.5. The van der Waals surface area contributed by atoms with Crippen LogP contribution in [0.1, 0.15) is 18.4 Å². The van der Waals surface area contributed by atoms with Gasteiger partial charge in [-0.15, -0.1) is 0 Å². The highest BCUT2D eigenvalue weighted by Gasteiger charge is 2.60. The molecule has 39 heavy (non-hydrogen) atoms. The van der Waals surface area contributed by atoms with E-state index in [9.17, 15) is 39.9 Å². The summed E-state index contributed by atoms with van der Waals surface area (Å²) in [6.45, 7) is 2.84. The van der Waals surface area contributed by atoms with E-state index in [4.69, 9.17) is 11.6 Å². The van der Waals surface area contributed by atoms with Crippen LogP contribution in [-0.2, 0) is 22.5 Å². The summed E-state index contributed by atoms with van der Waals surface area (Å²) >= 11 is 3.98. The fourth-order valence-electron chi connectivity index (χ4n) is 5.69. The molecule has 1 amide bonds. The summed E-state index contributed by atoms with van der Waals surface area (Å²) in [4.78, 5) is 17.4. The van der Waals surface area contributed by atoms with Crippen molar-refractivity contribution >= 4 is 34.6 Å². The molecule has 8 nitrogen and oxygen atoms in total. The molecule has 3 fully saturated rings. The number of rotatable bonds is 6. The van der Waals surface area contributed by atoms with E-state index in [0.29, 0.717) is 50.6 Å². The third-order valence-electron chi connectivity index (χ3n) is 7.62. The molecule has 0 N–H and O–H groups in total. The molecule has 3 heterocycles. The summed E-state index contributed by atoms with van der Waals surface area (Å²) in [6.07, 6.45) is -16.0. The summed E-state index contributed by atoms with van der Waals surface area (Å²) in [5.41, 5.74) is 1.92. The molecule has 0 bridgehead atoms. The lowest BCUT2D eigenvalue weighted by Gasteiger charge is -2.39. The molecule has 0 aromatic heterocycles. The minimum Gasteiger partial charge on any atom is -0.760 e. The van der Waals surface area contributed by atoms with Crippen LogP contribution in [0.4, 0.5) is 36.8 Å². The van der Waals surface area contributed by atoms with Gasteiger partial charge in [0.1, 0.15) is 0 Å². The third-order valence-corrected chi connectivity index (χ3v) is 8.63. The van der Waals surface area contributed by atoms with E-state index in [1.54, 1.807) is 13.1 Å². The smallest absolute Gasteiger partial charge is 0.434 e. The molecular formula is C23H28ClF6N4O4S-. The van der Waals surface area contributed by atoms with Crippen LogP contribution in [0.2, 0.25) is 5.02 Å². The van der Waals surface area contributed by atoms with Gasteiger partial charge in [0.15, 0.2) is 0 Å². The Morgan fingerprint density at radius 1 is 1.10 bits per heavy atom. The van der Waals surface area contributed by atoms with Gasteiger partial charge in [0.2, 0.25) is 0 Å². The summed E-state index contributed by atoms with van der Waals surface area (Å²) in [5.74, 6) is -0.232. The number of hydrogen-bond acceptors (Lipinski definition) is 6. The molecule has 4 rings (SSSR count). The molecule has 16 heteroatoms. The lowest BCUT2D eigenvalue weighted by molar-refractivity contribution is -0.308. The number of benzene rings is 1. The van der Waals surface area contributed by atoms with Gasteiger partial charge in [-0.2, -0.15) is 26.3 Å². The number of carbonyl (C=O) groups is 1. The lowest BCUT2D eigenvalue weighted by atomic mass is 10.0. The van der Waals surface area contributed by atoms with Crippen LogP contribution >= 0.6 is 11.6 Å². The highest BCUT2D eigenvalue weighted by molar-refractivity contribution is 7.76. The van der Waals surface area contributed by atoms with E-state index < -0.39 is 35.8 Å². The van der Waals surface area contributed by atoms with E-state index in [0.717, 1.165) is 16.2 Å². The summed E-state index contributed by atoms with van der Waals surface area (Å²) < 4.78 is 104. The molecule has 0 radical (unpaired) electrons. The van der Waals surface area contributed by atoms with E-state index in [1.165, 1.54) is 4.31 Å². The number of alkyl halides is 6. The van der Waals surface area contributed by atoms with Crippen molar-refractivity contribution < 1.29 is 44.6 Å². The van der Waals surface area contributed by atoms with Gasteiger partial charge in [-0.3, -0.25) is 9.11 Å². The quantitative estimate of drug-likeness (QED) is 0.360. The van der Waals surface area contributed by atoms with Crippen LogP contribution in [-0.4, -0.2) is 99.8 Å². The Morgan fingerprint density at radius 3 is 2.18 bits per heavy atom. The molecular weight excluding hydrogens is 578 g/mol. The lowest BCUT2D eigenvalue weighted by Crippen LogP contribution is -2.48. The number of amides is 1. The van der Waals surface area contributed by atoms with Crippen LogP contribution in [0.3, 0.4) is 0 Å². The maximum Gasteiger partial charge on any atom is 0.434 e. The molecule has 1 aromatic carbocycles. The molecule has 220 valence electrons. The van der Waals surface area contributed by atoms with Gasteiger partial charge < -0.3 is 19.1 Å². The molecule has 3 aliphatic rings. The molecule has 0 saturated carbocycles. The first kappa shape index (κ1) is 30.2. The Bertz CT molecular complexity index is 1040. The number of carbonyl (C=O) groups excluding carboxylic acids is 1. The van der Waals surface area contributed by atoms with Crippen molar-refractivity contribution in [2.24, 2.45) is 11.8 Å². The number of anilines is 1. The number of likely N-dealkylation sites (tertiary alicyclic amines) is 2. The van der Waals surface area contributed by atoms with Gasteiger partial charge in [-0.25, -0.2) is 9.10 Å². The second-order valence-corrected chi connectivity index (χ2v) is 11.7. The van der Waals surface area contributed by atoms with Gasteiger partial charge in [0, 0.05) is 73.8 Å². The Balaban J connectivity index is 1.35. The monoisotopic (exact) mass is 605 g/mol. The highest BCUT2D eigenvalue weighted by Crippen LogP contribution is 2.38. The fourth-order valence-corrected chi connectivity index (χ4v) is 6.33. The fraction of sp³-hybridized carbons (Fsp3) is 0.696. The molecule has 0 aliphatic carbocycles. The average Bonchev–Trinajstić information content (AvgIpc) is 3.39. The zero-order valence-electron chi connectivity index (χ0n) is 20.9. The number of nitrogens with zero attached hydrogens (tertiary/aromatic N) is 4. The predicted octanol–water partition coefficient (Wildman–Crippen LogP) is 4.03. The molecule has 3 saturated heterocycles. The van der Waals surface area contributed by atoms with Crippen molar-refractivity contribution in [2.75, 3.05) is 51.2 Å². The Labute approximate surface area is 229 Å². The van der Waals surface area contributed by atoms with E-state index >= 15 is 0 Å². The first-order chi connectivity index (χ1) is 18.1. The SMILES string of the molecule is CN(C1CCN(c2ccc(Cl)cc2CN2CC3CN(C(=O)OC(C(F)(F)F)C(F)(F)F)CC3C2)CC1)S(=O)[O-]. The van der Waals surface area contributed by atoms with Crippen molar-refractivity contribution in [3.8, 4) is 0 Å². The van der Waals surface area contributed by atoms with Crippen molar-refractivity contribution in [1.29, 1.82) is 0 Å². The molecule has 1 aromatic rings. The minimum atomic E-state index is -5.75. The van der Waals surface area contributed by atoms with Gasteiger partial charge in [-0.05, 0) is 55.5 Å². The number of halogens is 7. The van der Waals surface area contributed by atoms with Crippen molar-refractivity contribution in [3.05, 3.63) is 28.8 Å². The third kappa shape index (κ3) is 7.10. The number of fused-ring (bicyclic) bond motifs is 1. The molecule has 3 unspecified atom stereocenters. The number of piperidine rings is 1. The number of ether oxygens (including phenoxy) is 1. The summed E-state index contributed by atoms with van der Waals surface area (Å²) in [5, 5.41) is 0.544. The average molecular weight is 606 g/mol. The summed E-state index contributed by atoms with van der Waals surface area (Å²) in [7, 11) is 1.55. The first-order valence-corrected chi connectivity index (χ1v) is 13.7. The second kappa shape index (κ2) is 11.6. The van der Waals surface area contributed by atoms with Gasteiger partial charge >= 0.3 is 18.4 Å². The van der Waals surface area contributed by atoms with Crippen LogP contribution in [0.5, 0.6) is 0 Å². The zero-order chi connectivity index (χ0) is 28.7. The summed E-state index contributed by atoms with van der Waals surface area (Å²) in [6, 6.07) is 5.47. The van der Waals surface area contributed by atoms with Crippen molar-refractivity contribution in [1.82, 2.24) is 14.1 Å². The van der Waals surface area contributed by atoms with E-state index in [1.807, 2.05) is 12.1 Å². The van der Waals surface area contributed by atoms with E-state index in [2.05, 4.69) is 14.5 Å². The van der Waals surface area contributed by atoms with E-state index in [-0.39, 0.29) is 31.0 Å². The topological polar surface area (TPSA) is 79.4 Å². The van der Waals surface area contributed by atoms with Gasteiger partial charge in [0.05, 0.1) is 0 Å². The Hall–Kier alpha value is -1.81. The Kier molecular flexibility index (Phi) is 8.96. The largest absolute Gasteiger partial charge is 0.760 e. The highest BCUT2D eigenvalue weighted by atomic mass is 35.5. The predicted molar refractivity (Wildman–Crippen MR) is 130 cm³/mol. The maximum atomic E-state index is 12.8. The molecule has 0 spiro atoms.